The second-order valence-corrected chi connectivity index (χ2v) is 5.25. The van der Waals surface area contributed by atoms with E-state index in [0.29, 0.717) is 12.4 Å². The minimum atomic E-state index is 0.190. The quantitative estimate of drug-likeness (QED) is 0.800. The molecule has 118 valence electrons. The molecule has 5 heteroatoms. The third-order valence-corrected chi connectivity index (χ3v) is 3.70. The monoisotopic (exact) mass is 294 g/mol. The lowest BCUT2D eigenvalue weighted by atomic mass is 10.2. The molecule has 21 heavy (non-hydrogen) atoms. The first kappa shape index (κ1) is 16.1. The van der Waals surface area contributed by atoms with Crippen LogP contribution < -0.4 is 10.1 Å². The maximum Gasteiger partial charge on any atom is 0.161 e. The number of hydrogen-bond acceptors (Lipinski definition) is 5. The van der Waals surface area contributed by atoms with Crippen molar-refractivity contribution in [3.63, 3.8) is 0 Å². The Hall–Kier alpha value is -1.30. The number of phenols is 1. The largest absolute Gasteiger partial charge is 0.504 e. The first-order valence-electron chi connectivity index (χ1n) is 7.72. The molecule has 1 aliphatic heterocycles. The fraction of sp³-hybridized carbons (Fsp3) is 0.625. The van der Waals surface area contributed by atoms with Gasteiger partial charge in [-0.1, -0.05) is 13.0 Å². The Morgan fingerprint density at radius 1 is 1.43 bits per heavy atom. The second-order valence-electron chi connectivity index (χ2n) is 5.25. The third kappa shape index (κ3) is 4.88. The van der Waals surface area contributed by atoms with Gasteiger partial charge in [0.05, 0.1) is 19.3 Å². The van der Waals surface area contributed by atoms with Crippen LogP contribution in [-0.4, -0.2) is 55.5 Å². The normalized spacial score (nSPS) is 19.6. The first-order valence-corrected chi connectivity index (χ1v) is 7.72. The molecule has 0 aliphatic carbocycles. The Bertz CT molecular complexity index is 440. The summed E-state index contributed by atoms with van der Waals surface area (Å²) >= 11 is 0. The van der Waals surface area contributed by atoms with Crippen LogP contribution in [0.5, 0.6) is 11.5 Å². The molecule has 0 radical (unpaired) electrons. The molecule has 0 amide bonds. The molecule has 1 aromatic rings. The lowest BCUT2D eigenvalue weighted by molar-refractivity contribution is -0.0253. The zero-order valence-corrected chi connectivity index (χ0v) is 13.0. The summed E-state index contributed by atoms with van der Waals surface area (Å²) in [4.78, 5) is 2.41. The van der Waals surface area contributed by atoms with Gasteiger partial charge in [-0.15, -0.1) is 0 Å². The van der Waals surface area contributed by atoms with Crippen molar-refractivity contribution >= 4 is 0 Å². The molecule has 0 bridgehead atoms. The molecule has 2 rings (SSSR count). The molecule has 5 nitrogen and oxygen atoms in total. The predicted octanol–water partition coefficient (Wildman–Crippen LogP) is 1.60. The summed E-state index contributed by atoms with van der Waals surface area (Å²) in [5.41, 5.74) is 1.10. The fourth-order valence-electron chi connectivity index (χ4n) is 2.51. The molecule has 2 N–H and O–H groups in total. The van der Waals surface area contributed by atoms with Gasteiger partial charge in [0.25, 0.3) is 0 Å². The van der Waals surface area contributed by atoms with E-state index in [9.17, 15) is 5.11 Å². The van der Waals surface area contributed by atoms with E-state index in [1.165, 1.54) is 0 Å². The molecular formula is C16H26N2O3. The summed E-state index contributed by atoms with van der Waals surface area (Å²) < 4.78 is 11.2. The number of rotatable bonds is 7. The van der Waals surface area contributed by atoms with Crippen LogP contribution in [0.1, 0.15) is 19.4 Å². The van der Waals surface area contributed by atoms with Gasteiger partial charge in [-0.05, 0) is 31.2 Å². The van der Waals surface area contributed by atoms with Crippen molar-refractivity contribution in [3.05, 3.63) is 23.8 Å². The van der Waals surface area contributed by atoms with Gasteiger partial charge in [0.2, 0.25) is 0 Å². The van der Waals surface area contributed by atoms with Gasteiger partial charge >= 0.3 is 0 Å². The molecule has 1 fully saturated rings. The topological polar surface area (TPSA) is 54.0 Å². The number of nitrogens with one attached hydrogen (secondary N) is 1. The van der Waals surface area contributed by atoms with Gasteiger partial charge in [-0.25, -0.2) is 0 Å². The smallest absolute Gasteiger partial charge is 0.161 e. The SMILES string of the molecule is CCOc1cc(CNCC2CN(CC)CCO2)ccc1O. The Morgan fingerprint density at radius 3 is 3.05 bits per heavy atom. The van der Waals surface area contributed by atoms with E-state index >= 15 is 0 Å². The molecule has 0 saturated carbocycles. The summed E-state index contributed by atoms with van der Waals surface area (Å²) in [6, 6.07) is 5.47. The Balaban J connectivity index is 1.79. The van der Waals surface area contributed by atoms with E-state index in [0.717, 1.165) is 44.9 Å². The zero-order valence-electron chi connectivity index (χ0n) is 13.0. The summed E-state index contributed by atoms with van der Waals surface area (Å²) in [5, 5.41) is 13.1. The third-order valence-electron chi connectivity index (χ3n) is 3.70. The van der Waals surface area contributed by atoms with E-state index in [1.54, 1.807) is 6.07 Å². The molecule has 1 atom stereocenters. The summed E-state index contributed by atoms with van der Waals surface area (Å²) in [6.45, 7) is 10.1. The maximum atomic E-state index is 9.68. The van der Waals surface area contributed by atoms with Gasteiger partial charge < -0.3 is 19.9 Å². The highest BCUT2D eigenvalue weighted by Gasteiger charge is 2.18. The van der Waals surface area contributed by atoms with Crippen molar-refractivity contribution in [1.29, 1.82) is 0 Å². The van der Waals surface area contributed by atoms with Crippen molar-refractivity contribution in [2.24, 2.45) is 0 Å². The van der Waals surface area contributed by atoms with Crippen molar-refractivity contribution in [3.8, 4) is 11.5 Å². The fourth-order valence-corrected chi connectivity index (χ4v) is 2.51. The average Bonchev–Trinajstić information content (AvgIpc) is 2.51. The van der Waals surface area contributed by atoms with E-state index in [4.69, 9.17) is 9.47 Å². The number of ether oxygens (including phenoxy) is 2. The van der Waals surface area contributed by atoms with Crippen LogP contribution in [0.2, 0.25) is 0 Å². The van der Waals surface area contributed by atoms with Crippen molar-refractivity contribution in [2.75, 3.05) is 39.4 Å². The molecule has 1 aliphatic rings. The highest BCUT2D eigenvalue weighted by Crippen LogP contribution is 2.26. The molecule has 1 unspecified atom stereocenters. The number of hydrogen-bond donors (Lipinski definition) is 2. The number of phenolic OH excluding ortho intramolecular Hbond substituents is 1. The number of aromatic hydroxyl groups is 1. The van der Waals surface area contributed by atoms with Crippen LogP contribution in [0.15, 0.2) is 18.2 Å². The highest BCUT2D eigenvalue weighted by molar-refractivity contribution is 5.41. The molecule has 1 heterocycles. The zero-order chi connectivity index (χ0) is 15.1. The van der Waals surface area contributed by atoms with Gasteiger partial charge in [0.15, 0.2) is 11.5 Å². The first-order chi connectivity index (χ1) is 10.2. The molecular weight excluding hydrogens is 268 g/mol. The van der Waals surface area contributed by atoms with Crippen LogP contribution >= 0.6 is 0 Å². The van der Waals surface area contributed by atoms with E-state index in [-0.39, 0.29) is 11.9 Å². The van der Waals surface area contributed by atoms with Crippen LogP contribution in [0.25, 0.3) is 0 Å². The van der Waals surface area contributed by atoms with E-state index in [1.807, 2.05) is 19.1 Å². The lowest BCUT2D eigenvalue weighted by Crippen LogP contribution is -2.46. The summed E-state index contributed by atoms with van der Waals surface area (Å²) in [7, 11) is 0. The van der Waals surface area contributed by atoms with E-state index in [2.05, 4.69) is 17.1 Å². The number of benzene rings is 1. The van der Waals surface area contributed by atoms with Crippen molar-refractivity contribution < 1.29 is 14.6 Å². The molecule has 0 aromatic heterocycles. The second kappa shape index (κ2) is 8.22. The van der Waals surface area contributed by atoms with Gasteiger partial charge in [0.1, 0.15) is 0 Å². The highest BCUT2D eigenvalue weighted by atomic mass is 16.5. The van der Waals surface area contributed by atoms with Gasteiger partial charge in [-0.2, -0.15) is 0 Å². The standard InChI is InChI=1S/C16H26N2O3/c1-3-18-7-8-21-14(12-18)11-17-10-13-5-6-15(19)16(9-13)20-4-2/h5-6,9,14,17,19H,3-4,7-8,10-12H2,1-2H3. The number of nitrogens with zero attached hydrogens (tertiary/aromatic N) is 1. The van der Waals surface area contributed by atoms with E-state index < -0.39 is 0 Å². The van der Waals surface area contributed by atoms with Crippen molar-refractivity contribution in [1.82, 2.24) is 10.2 Å². The van der Waals surface area contributed by atoms with Gasteiger partial charge in [-0.3, -0.25) is 4.90 Å². The number of morpholine rings is 1. The predicted molar refractivity (Wildman–Crippen MR) is 82.8 cm³/mol. The summed E-state index contributed by atoms with van der Waals surface area (Å²) in [5.74, 6) is 0.734. The Kier molecular flexibility index (Phi) is 6.29. The van der Waals surface area contributed by atoms with Gasteiger partial charge in [0, 0.05) is 26.2 Å². The molecule has 1 aromatic carbocycles. The van der Waals surface area contributed by atoms with Crippen LogP contribution in [0.3, 0.4) is 0 Å². The Labute approximate surface area is 126 Å². The molecule has 0 spiro atoms. The molecule has 1 saturated heterocycles. The maximum absolute atomic E-state index is 9.68. The minimum Gasteiger partial charge on any atom is -0.504 e. The van der Waals surface area contributed by atoms with Crippen LogP contribution in [0.4, 0.5) is 0 Å². The minimum absolute atomic E-state index is 0.190. The Morgan fingerprint density at radius 2 is 2.29 bits per heavy atom. The average molecular weight is 294 g/mol. The lowest BCUT2D eigenvalue weighted by Gasteiger charge is -2.32. The summed E-state index contributed by atoms with van der Waals surface area (Å²) in [6.07, 6.45) is 0.252. The van der Waals surface area contributed by atoms with Crippen LogP contribution in [-0.2, 0) is 11.3 Å². The van der Waals surface area contributed by atoms with Crippen LogP contribution in [0, 0.1) is 0 Å². The van der Waals surface area contributed by atoms with Crippen molar-refractivity contribution in [2.45, 2.75) is 26.5 Å². The number of likely N-dealkylation sites (N-methyl/N-ethyl adjacent to an activating group) is 1.